The smallest absolute Gasteiger partial charge is 0.149 e. The third-order valence-electron chi connectivity index (χ3n) is 2.01. The normalized spacial score (nSPS) is 13.7. The second kappa shape index (κ2) is 5.23. The summed E-state index contributed by atoms with van der Waals surface area (Å²) in [5.74, 6) is 0.104. The molecule has 0 saturated heterocycles. The lowest BCUT2D eigenvalue weighted by atomic mass is 10.1. The minimum atomic E-state index is -2.98. The van der Waals surface area contributed by atoms with Crippen LogP contribution in [0.15, 0.2) is 24.5 Å². The highest BCUT2D eigenvalue weighted by molar-refractivity contribution is 7.90. The number of hydrogen-bond donors (Lipinski definition) is 1. The van der Waals surface area contributed by atoms with Gasteiger partial charge in [0.1, 0.15) is 9.84 Å². The van der Waals surface area contributed by atoms with Crippen LogP contribution in [0.2, 0.25) is 0 Å². The second-order valence-electron chi connectivity index (χ2n) is 3.49. The third-order valence-corrected chi connectivity index (χ3v) is 2.95. The van der Waals surface area contributed by atoms with E-state index in [1.165, 1.54) is 6.26 Å². The van der Waals surface area contributed by atoms with Crippen LogP contribution in [0.25, 0.3) is 0 Å². The maximum Gasteiger partial charge on any atom is 0.149 e. The Morgan fingerprint density at radius 2 is 2.27 bits per heavy atom. The molecular formula is C10H16N2O2S. The average Bonchev–Trinajstić information content (AvgIpc) is 2.17. The van der Waals surface area contributed by atoms with Gasteiger partial charge < -0.3 is 5.32 Å². The largest absolute Gasteiger partial charge is 0.309 e. The predicted octanol–water partition coefficient (Wildman–Crippen LogP) is 0.777. The summed E-state index contributed by atoms with van der Waals surface area (Å²) in [6.45, 7) is 2.68. The van der Waals surface area contributed by atoms with E-state index < -0.39 is 9.84 Å². The maximum atomic E-state index is 11.2. The third kappa shape index (κ3) is 4.40. The van der Waals surface area contributed by atoms with Gasteiger partial charge in [-0.3, -0.25) is 4.98 Å². The van der Waals surface area contributed by atoms with Crippen LogP contribution < -0.4 is 5.32 Å². The van der Waals surface area contributed by atoms with Gasteiger partial charge in [0.05, 0.1) is 5.75 Å². The monoisotopic (exact) mass is 228 g/mol. The molecule has 1 N–H and O–H groups in total. The van der Waals surface area contributed by atoms with Crippen LogP contribution in [0.5, 0.6) is 0 Å². The second-order valence-corrected chi connectivity index (χ2v) is 5.67. The molecule has 0 saturated carbocycles. The van der Waals surface area contributed by atoms with Crippen LogP contribution in [0.3, 0.4) is 0 Å². The van der Waals surface area contributed by atoms with Gasteiger partial charge in [-0.05, 0) is 18.2 Å². The van der Waals surface area contributed by atoms with Crippen LogP contribution in [0, 0.1) is 0 Å². The molecule has 5 heteroatoms. The van der Waals surface area contributed by atoms with E-state index in [1.54, 1.807) is 12.4 Å². The summed E-state index contributed by atoms with van der Waals surface area (Å²) in [4.78, 5) is 3.98. The molecule has 0 aliphatic heterocycles. The molecule has 0 spiro atoms. The van der Waals surface area contributed by atoms with E-state index in [0.717, 1.165) is 12.1 Å². The molecule has 0 bridgehead atoms. The molecule has 1 aromatic rings. The predicted molar refractivity (Wildman–Crippen MR) is 60.4 cm³/mol. The van der Waals surface area contributed by atoms with Crippen LogP contribution in [0.1, 0.15) is 18.5 Å². The highest BCUT2D eigenvalue weighted by Gasteiger charge is 2.16. The van der Waals surface area contributed by atoms with Crippen LogP contribution in [-0.4, -0.2) is 32.0 Å². The quantitative estimate of drug-likeness (QED) is 0.809. The van der Waals surface area contributed by atoms with E-state index in [9.17, 15) is 8.42 Å². The van der Waals surface area contributed by atoms with Crippen molar-refractivity contribution >= 4 is 9.84 Å². The van der Waals surface area contributed by atoms with Gasteiger partial charge in [-0.15, -0.1) is 0 Å². The molecule has 0 amide bonds. The summed E-state index contributed by atoms with van der Waals surface area (Å²) in [6, 6.07) is 3.52. The van der Waals surface area contributed by atoms with Gasteiger partial charge >= 0.3 is 0 Å². The molecule has 0 radical (unpaired) electrons. The molecular weight excluding hydrogens is 212 g/mol. The minimum absolute atomic E-state index is 0.104. The van der Waals surface area contributed by atoms with Crippen molar-refractivity contribution in [1.82, 2.24) is 10.3 Å². The molecule has 84 valence electrons. The SMILES string of the molecule is CCNC(CS(C)(=O)=O)c1cccnc1. The van der Waals surface area contributed by atoms with Crippen molar-refractivity contribution in [2.45, 2.75) is 13.0 Å². The maximum absolute atomic E-state index is 11.2. The molecule has 0 aromatic carbocycles. The fraction of sp³-hybridized carbons (Fsp3) is 0.500. The summed E-state index contributed by atoms with van der Waals surface area (Å²) in [7, 11) is -2.98. The Morgan fingerprint density at radius 1 is 1.53 bits per heavy atom. The zero-order chi connectivity index (χ0) is 11.3. The summed E-state index contributed by atoms with van der Waals surface area (Å²) in [6.07, 6.45) is 4.61. The van der Waals surface area contributed by atoms with Crippen molar-refractivity contribution in [2.24, 2.45) is 0 Å². The topological polar surface area (TPSA) is 59.1 Å². The van der Waals surface area contributed by atoms with Gasteiger partial charge in [0.25, 0.3) is 0 Å². The Kier molecular flexibility index (Phi) is 4.23. The van der Waals surface area contributed by atoms with Crippen molar-refractivity contribution < 1.29 is 8.42 Å². The Hall–Kier alpha value is -0.940. The Bertz CT molecular complexity index is 389. The number of hydrogen-bond acceptors (Lipinski definition) is 4. The molecule has 1 rings (SSSR count). The summed E-state index contributed by atoms with van der Waals surface area (Å²) in [5.41, 5.74) is 0.907. The average molecular weight is 228 g/mol. The number of pyridine rings is 1. The van der Waals surface area contributed by atoms with E-state index in [2.05, 4.69) is 10.3 Å². The molecule has 1 aromatic heterocycles. The molecule has 15 heavy (non-hydrogen) atoms. The molecule has 0 fully saturated rings. The number of nitrogens with one attached hydrogen (secondary N) is 1. The Labute approximate surface area is 90.7 Å². The molecule has 1 unspecified atom stereocenters. The van der Waals surface area contributed by atoms with Gasteiger partial charge in [0, 0.05) is 24.7 Å². The van der Waals surface area contributed by atoms with Crippen molar-refractivity contribution in [3.8, 4) is 0 Å². The first kappa shape index (κ1) is 12.1. The van der Waals surface area contributed by atoms with Gasteiger partial charge in [0.2, 0.25) is 0 Å². The first-order chi connectivity index (χ1) is 7.03. The minimum Gasteiger partial charge on any atom is -0.309 e. The zero-order valence-electron chi connectivity index (χ0n) is 8.97. The van der Waals surface area contributed by atoms with Crippen LogP contribution in [0.4, 0.5) is 0 Å². The first-order valence-corrected chi connectivity index (χ1v) is 6.90. The Morgan fingerprint density at radius 3 is 2.73 bits per heavy atom. The van der Waals surface area contributed by atoms with Crippen molar-refractivity contribution in [3.05, 3.63) is 30.1 Å². The lowest BCUT2D eigenvalue weighted by Crippen LogP contribution is -2.27. The van der Waals surface area contributed by atoms with E-state index in [-0.39, 0.29) is 11.8 Å². The van der Waals surface area contributed by atoms with Crippen molar-refractivity contribution in [1.29, 1.82) is 0 Å². The summed E-state index contributed by atoms with van der Waals surface area (Å²) in [5, 5.41) is 3.14. The van der Waals surface area contributed by atoms with Crippen molar-refractivity contribution in [2.75, 3.05) is 18.6 Å². The van der Waals surface area contributed by atoms with Gasteiger partial charge in [-0.1, -0.05) is 13.0 Å². The number of sulfone groups is 1. The van der Waals surface area contributed by atoms with Crippen molar-refractivity contribution in [3.63, 3.8) is 0 Å². The lowest BCUT2D eigenvalue weighted by molar-refractivity contribution is 0.562. The van der Waals surface area contributed by atoms with Crippen LogP contribution >= 0.6 is 0 Å². The molecule has 4 nitrogen and oxygen atoms in total. The van der Waals surface area contributed by atoms with E-state index in [1.807, 2.05) is 19.1 Å². The van der Waals surface area contributed by atoms with E-state index in [4.69, 9.17) is 0 Å². The molecule has 1 heterocycles. The zero-order valence-corrected chi connectivity index (χ0v) is 9.79. The Balaban J connectivity index is 2.84. The summed E-state index contributed by atoms with van der Waals surface area (Å²) < 4.78 is 22.5. The van der Waals surface area contributed by atoms with Crippen LogP contribution in [-0.2, 0) is 9.84 Å². The molecule has 0 aliphatic carbocycles. The number of rotatable bonds is 5. The number of nitrogens with zero attached hydrogens (tertiary/aromatic N) is 1. The van der Waals surface area contributed by atoms with Gasteiger partial charge in [0.15, 0.2) is 0 Å². The highest BCUT2D eigenvalue weighted by Crippen LogP contribution is 2.12. The van der Waals surface area contributed by atoms with Gasteiger partial charge in [-0.25, -0.2) is 8.42 Å². The molecule has 0 aliphatic rings. The van der Waals surface area contributed by atoms with E-state index >= 15 is 0 Å². The lowest BCUT2D eigenvalue weighted by Gasteiger charge is -2.16. The van der Waals surface area contributed by atoms with E-state index in [0.29, 0.717) is 0 Å². The summed E-state index contributed by atoms with van der Waals surface area (Å²) >= 11 is 0. The molecule has 1 atom stereocenters. The van der Waals surface area contributed by atoms with Gasteiger partial charge in [-0.2, -0.15) is 0 Å². The highest BCUT2D eigenvalue weighted by atomic mass is 32.2. The first-order valence-electron chi connectivity index (χ1n) is 4.84. The fourth-order valence-corrected chi connectivity index (χ4v) is 2.32. The number of aromatic nitrogens is 1. The standard InChI is InChI=1S/C10H16N2O2S/c1-3-12-10(8-15(2,13)14)9-5-4-6-11-7-9/h4-7,10,12H,3,8H2,1-2H3. The fourth-order valence-electron chi connectivity index (χ4n) is 1.40.